The molecule has 4 heteroatoms. The van der Waals surface area contributed by atoms with Crippen molar-refractivity contribution in [1.82, 2.24) is 0 Å². The zero-order valence-corrected chi connectivity index (χ0v) is 7.47. The van der Waals surface area contributed by atoms with Gasteiger partial charge in [-0.1, -0.05) is 18.7 Å². The summed E-state index contributed by atoms with van der Waals surface area (Å²) in [6.45, 7) is 3.44. The van der Waals surface area contributed by atoms with E-state index in [4.69, 9.17) is 4.74 Å². The summed E-state index contributed by atoms with van der Waals surface area (Å²) in [5.41, 5.74) is 1.15. The van der Waals surface area contributed by atoms with Crippen molar-refractivity contribution in [2.45, 2.75) is 6.61 Å². The molecule has 0 aliphatic rings. The molecule has 0 saturated heterocycles. The number of carbonyl (C=O) groups is 1. The molecule has 0 amide bonds. The van der Waals surface area contributed by atoms with E-state index in [-0.39, 0.29) is 6.61 Å². The standard InChI is InChI=1S/C10H9NO3/c1-2-10(12)14-7-8-3-5-9(11-13)6-4-8/h2-6H,1,7H2. The molecule has 1 aromatic carbocycles. The highest BCUT2D eigenvalue weighted by Crippen LogP contribution is 2.12. The zero-order chi connectivity index (χ0) is 10.4. The van der Waals surface area contributed by atoms with Crippen LogP contribution in [0.2, 0.25) is 0 Å². The summed E-state index contributed by atoms with van der Waals surface area (Å²) in [5.74, 6) is -0.470. The number of carbonyl (C=O) groups excluding carboxylic acids is 1. The predicted molar refractivity (Wildman–Crippen MR) is 51.9 cm³/mol. The molecule has 0 heterocycles. The second kappa shape index (κ2) is 4.91. The molecule has 0 fully saturated rings. The van der Waals surface area contributed by atoms with E-state index in [1.807, 2.05) is 0 Å². The fourth-order valence-electron chi connectivity index (χ4n) is 0.866. The third-order valence-corrected chi connectivity index (χ3v) is 1.59. The Labute approximate surface area is 81.2 Å². The van der Waals surface area contributed by atoms with E-state index in [9.17, 15) is 9.70 Å². The first kappa shape index (κ1) is 10.1. The van der Waals surface area contributed by atoms with E-state index < -0.39 is 5.97 Å². The lowest BCUT2D eigenvalue weighted by molar-refractivity contribution is -0.138. The lowest BCUT2D eigenvalue weighted by Crippen LogP contribution is -1.99. The van der Waals surface area contributed by atoms with E-state index in [0.717, 1.165) is 11.6 Å². The van der Waals surface area contributed by atoms with Crippen LogP contribution in [0.4, 0.5) is 5.69 Å². The van der Waals surface area contributed by atoms with Crippen molar-refractivity contribution in [2.75, 3.05) is 0 Å². The average Bonchev–Trinajstić information content (AvgIpc) is 2.26. The summed E-state index contributed by atoms with van der Waals surface area (Å²) in [5, 5.41) is 2.75. The van der Waals surface area contributed by atoms with Crippen molar-refractivity contribution in [3.05, 3.63) is 47.4 Å². The molecule has 0 radical (unpaired) electrons. The smallest absolute Gasteiger partial charge is 0.330 e. The highest BCUT2D eigenvalue weighted by atomic mass is 16.5. The summed E-state index contributed by atoms with van der Waals surface area (Å²) in [6, 6.07) is 6.47. The van der Waals surface area contributed by atoms with Gasteiger partial charge in [-0.05, 0) is 22.9 Å². The minimum atomic E-state index is -0.470. The Morgan fingerprint density at radius 3 is 2.57 bits per heavy atom. The third-order valence-electron chi connectivity index (χ3n) is 1.59. The zero-order valence-electron chi connectivity index (χ0n) is 7.47. The van der Waals surface area contributed by atoms with Gasteiger partial charge in [0.2, 0.25) is 0 Å². The number of rotatable bonds is 4. The number of esters is 1. The first-order valence-corrected chi connectivity index (χ1v) is 3.97. The van der Waals surface area contributed by atoms with Gasteiger partial charge in [-0.3, -0.25) is 0 Å². The van der Waals surface area contributed by atoms with Crippen LogP contribution < -0.4 is 0 Å². The van der Waals surface area contributed by atoms with Gasteiger partial charge in [-0.15, -0.1) is 4.91 Å². The van der Waals surface area contributed by atoms with E-state index in [1.165, 1.54) is 0 Å². The highest BCUT2D eigenvalue weighted by Gasteiger charge is 1.98. The predicted octanol–water partition coefficient (Wildman–Crippen LogP) is 2.31. The van der Waals surface area contributed by atoms with Crippen molar-refractivity contribution in [3.63, 3.8) is 0 Å². The van der Waals surface area contributed by atoms with Gasteiger partial charge < -0.3 is 4.74 Å². The third kappa shape index (κ3) is 2.82. The van der Waals surface area contributed by atoms with E-state index >= 15 is 0 Å². The second-order valence-corrected chi connectivity index (χ2v) is 2.57. The molecule has 72 valence electrons. The lowest BCUT2D eigenvalue weighted by atomic mass is 10.2. The number of nitroso groups, excluding NO2 is 1. The molecule has 1 rings (SSSR count). The van der Waals surface area contributed by atoms with Crippen molar-refractivity contribution < 1.29 is 9.53 Å². The summed E-state index contributed by atoms with van der Waals surface area (Å²) in [4.78, 5) is 20.8. The van der Waals surface area contributed by atoms with Crippen molar-refractivity contribution in [1.29, 1.82) is 0 Å². The van der Waals surface area contributed by atoms with Crippen molar-refractivity contribution in [3.8, 4) is 0 Å². The van der Waals surface area contributed by atoms with Gasteiger partial charge >= 0.3 is 5.97 Å². The largest absolute Gasteiger partial charge is 0.458 e. The fraction of sp³-hybridized carbons (Fsp3) is 0.100. The molecule has 0 N–H and O–H groups in total. The molecular weight excluding hydrogens is 182 g/mol. The van der Waals surface area contributed by atoms with E-state index in [1.54, 1.807) is 24.3 Å². The number of nitrogens with zero attached hydrogens (tertiary/aromatic N) is 1. The van der Waals surface area contributed by atoms with Crippen LogP contribution in [-0.2, 0) is 16.1 Å². The highest BCUT2D eigenvalue weighted by molar-refractivity contribution is 5.81. The normalized spacial score (nSPS) is 9.14. The number of benzene rings is 1. The van der Waals surface area contributed by atoms with Gasteiger partial charge in [0.15, 0.2) is 0 Å². The number of hydrogen-bond acceptors (Lipinski definition) is 4. The first-order valence-electron chi connectivity index (χ1n) is 3.97. The van der Waals surface area contributed by atoms with Gasteiger partial charge in [0, 0.05) is 6.08 Å². The maximum absolute atomic E-state index is 10.7. The Morgan fingerprint density at radius 2 is 2.07 bits per heavy atom. The van der Waals surface area contributed by atoms with Crippen LogP contribution in [0.15, 0.2) is 42.1 Å². The molecule has 1 aromatic rings. The Hall–Kier alpha value is -1.97. The molecule has 14 heavy (non-hydrogen) atoms. The molecular formula is C10H9NO3. The summed E-state index contributed by atoms with van der Waals surface area (Å²) >= 11 is 0. The van der Waals surface area contributed by atoms with Gasteiger partial charge in [-0.2, -0.15) is 0 Å². The van der Waals surface area contributed by atoms with Crippen molar-refractivity contribution >= 4 is 11.7 Å². The quantitative estimate of drug-likeness (QED) is 0.417. The Kier molecular flexibility index (Phi) is 3.55. The van der Waals surface area contributed by atoms with Gasteiger partial charge in [0.05, 0.1) is 0 Å². The number of ether oxygens (including phenoxy) is 1. The first-order chi connectivity index (χ1) is 6.76. The minimum absolute atomic E-state index is 0.171. The average molecular weight is 191 g/mol. The maximum atomic E-state index is 10.7. The molecule has 0 aliphatic carbocycles. The van der Waals surface area contributed by atoms with Gasteiger partial charge in [0.25, 0.3) is 0 Å². The molecule has 0 bridgehead atoms. The Morgan fingerprint density at radius 1 is 1.43 bits per heavy atom. The van der Waals surface area contributed by atoms with Crippen LogP contribution in [0.25, 0.3) is 0 Å². The van der Waals surface area contributed by atoms with Gasteiger partial charge in [-0.25, -0.2) is 4.79 Å². The molecule has 4 nitrogen and oxygen atoms in total. The van der Waals surface area contributed by atoms with Crippen LogP contribution >= 0.6 is 0 Å². The molecule has 0 unspecified atom stereocenters. The van der Waals surface area contributed by atoms with E-state index in [2.05, 4.69) is 11.8 Å². The molecule has 0 atom stereocenters. The van der Waals surface area contributed by atoms with Crippen LogP contribution in [0.1, 0.15) is 5.56 Å². The SMILES string of the molecule is C=CC(=O)OCc1ccc(N=O)cc1. The molecule has 0 spiro atoms. The van der Waals surface area contributed by atoms with Crippen molar-refractivity contribution in [2.24, 2.45) is 5.18 Å². The number of hydrogen-bond donors (Lipinski definition) is 0. The molecule has 0 saturated carbocycles. The van der Waals surface area contributed by atoms with Crippen LogP contribution in [0.5, 0.6) is 0 Å². The summed E-state index contributed by atoms with van der Waals surface area (Å²) in [6.07, 6.45) is 1.10. The summed E-state index contributed by atoms with van der Waals surface area (Å²) in [7, 11) is 0. The minimum Gasteiger partial charge on any atom is -0.458 e. The second-order valence-electron chi connectivity index (χ2n) is 2.57. The van der Waals surface area contributed by atoms with Gasteiger partial charge in [0.1, 0.15) is 12.3 Å². The maximum Gasteiger partial charge on any atom is 0.330 e. The topological polar surface area (TPSA) is 55.7 Å². The molecule has 0 aliphatic heterocycles. The van der Waals surface area contributed by atoms with Crippen LogP contribution in [0, 0.1) is 4.91 Å². The molecule has 0 aromatic heterocycles. The van der Waals surface area contributed by atoms with Crippen LogP contribution in [-0.4, -0.2) is 5.97 Å². The fourth-order valence-corrected chi connectivity index (χ4v) is 0.866. The van der Waals surface area contributed by atoms with Crippen LogP contribution in [0.3, 0.4) is 0 Å². The Balaban J connectivity index is 2.55. The lowest BCUT2D eigenvalue weighted by Gasteiger charge is -2.01. The van der Waals surface area contributed by atoms with E-state index in [0.29, 0.717) is 5.69 Å². The summed E-state index contributed by atoms with van der Waals surface area (Å²) < 4.78 is 4.79. The Bertz CT molecular complexity index is 343. The monoisotopic (exact) mass is 191 g/mol.